The second kappa shape index (κ2) is 19.0. The third kappa shape index (κ3) is 9.85. The van der Waals surface area contributed by atoms with Gasteiger partial charge in [0.2, 0.25) is 0 Å². The Kier molecular flexibility index (Phi) is 15.9. The molecule has 3 heterocycles. The molecule has 2 N–H and O–H groups in total. The molecule has 3 fully saturated rings. The van der Waals surface area contributed by atoms with Crippen LogP contribution >= 0.6 is 0 Å². The molecule has 3 aliphatic rings. The molecule has 0 radical (unpaired) electrons. The van der Waals surface area contributed by atoms with E-state index in [4.69, 9.17) is 29.2 Å². The van der Waals surface area contributed by atoms with Gasteiger partial charge >= 0.3 is 12.1 Å². The summed E-state index contributed by atoms with van der Waals surface area (Å²) in [5.74, 6) is -3.32. The molecule has 0 saturated carbocycles. The number of aliphatic hydroxyl groups is 1. The second-order valence-electron chi connectivity index (χ2n) is 15.6. The summed E-state index contributed by atoms with van der Waals surface area (Å²) in [7, 11) is 5.36. The highest BCUT2D eigenvalue weighted by Crippen LogP contribution is 2.40. The van der Waals surface area contributed by atoms with Crippen molar-refractivity contribution in [2.75, 3.05) is 40.8 Å². The first-order chi connectivity index (χ1) is 24.5. The zero-order valence-corrected chi connectivity index (χ0v) is 32.9. The monoisotopic (exact) mass is 736 g/mol. The number of Topliss-reactive ketones (excluding diaryl/α,β-unsaturated/α-hetero) is 1. The number of ether oxygens (including phenoxy) is 5. The Balaban J connectivity index is 2.09. The number of amides is 1. The number of ketones is 1. The molecule has 15 nitrogen and oxygen atoms in total. The summed E-state index contributed by atoms with van der Waals surface area (Å²) in [6.45, 7) is 18.2. The lowest BCUT2D eigenvalue weighted by atomic mass is 9.77. The summed E-state index contributed by atoms with van der Waals surface area (Å²) < 4.78 is 31.4. The Morgan fingerprint density at radius 3 is 2.48 bits per heavy atom. The molecule has 13 atom stereocenters. The quantitative estimate of drug-likeness (QED) is 0.0543. The largest absolute Gasteiger partial charge is 0.457 e. The maximum Gasteiger partial charge on any atom is 0.410 e. The zero-order chi connectivity index (χ0) is 39.0. The summed E-state index contributed by atoms with van der Waals surface area (Å²) in [4.78, 5) is 48.7. The Hall–Kier alpha value is -2.78. The molecule has 3 rings (SSSR count). The van der Waals surface area contributed by atoms with E-state index in [1.165, 1.54) is 6.08 Å². The van der Waals surface area contributed by atoms with Gasteiger partial charge in [-0.2, -0.15) is 0 Å². The Bertz CT molecular complexity index is 1280. The fraction of sp³-hybridized carbons (Fsp3) is 0.865. The number of methoxy groups -OCH3 is 1. The van der Waals surface area contributed by atoms with Crippen LogP contribution in [0.5, 0.6) is 0 Å². The maximum absolute atomic E-state index is 14.6. The van der Waals surface area contributed by atoms with Crippen molar-refractivity contribution in [3.63, 3.8) is 0 Å². The van der Waals surface area contributed by atoms with E-state index in [1.807, 2.05) is 46.7 Å². The fourth-order valence-corrected chi connectivity index (χ4v) is 8.45. The number of rotatable bonds is 12. The highest BCUT2D eigenvalue weighted by Gasteiger charge is 2.59. The second-order valence-corrected chi connectivity index (χ2v) is 15.6. The van der Waals surface area contributed by atoms with Gasteiger partial charge in [-0.15, -0.1) is 6.58 Å². The van der Waals surface area contributed by atoms with Crippen molar-refractivity contribution in [3.05, 3.63) is 23.1 Å². The Morgan fingerprint density at radius 2 is 1.88 bits per heavy atom. The predicted octanol–water partition coefficient (Wildman–Crippen LogP) is 4.61. The van der Waals surface area contributed by atoms with Crippen molar-refractivity contribution in [3.8, 4) is 0 Å². The molecule has 0 spiro atoms. The van der Waals surface area contributed by atoms with Gasteiger partial charge in [0, 0.05) is 43.1 Å². The van der Waals surface area contributed by atoms with E-state index in [-0.39, 0.29) is 30.5 Å². The number of fused-ring (bicyclic) bond motifs is 1. The van der Waals surface area contributed by atoms with Crippen LogP contribution in [0.1, 0.15) is 87.0 Å². The molecule has 296 valence electrons. The standard InChI is InChI=1S/C37H64N6O9/c1-12-16-26-29(44)24(5)32(51-34-30(45)27(42(9)10)19-23(4)49-34)36(7,48-11)20-22(3)21-39-25(6)31-37(8,28(13-2)50-33(26)46)52-35(47)43(31)18-15-14-17-40-41-38/h12,22-28,30-32,34,39,45H,1,13-21H2,2-11H3/t22-,23?,24-,25-,26-,27?,28-,30?,31-,32-,34+,36-,37-/m1/s1. The van der Waals surface area contributed by atoms with Crippen molar-refractivity contribution < 1.29 is 43.2 Å². The van der Waals surface area contributed by atoms with Gasteiger partial charge in [-0.1, -0.05) is 32.0 Å². The summed E-state index contributed by atoms with van der Waals surface area (Å²) in [5.41, 5.74) is 6.36. The molecule has 0 aromatic carbocycles. The van der Waals surface area contributed by atoms with Crippen molar-refractivity contribution >= 4 is 17.8 Å². The SMILES string of the molecule is C=CC[C@H]1C(=O)O[C@H](CC)[C@@]2(C)OC(=O)N(CCCCN=[N+]=[N-])[C@@H]2[C@@H](C)NC[C@H](C)C[C@@](C)(OC)[C@H](O[C@@H]2OC(C)CC(N(C)C)C2O)[C@H](C)C1=O. The van der Waals surface area contributed by atoms with Crippen LogP contribution < -0.4 is 5.32 Å². The smallest absolute Gasteiger partial charge is 0.410 e. The molecule has 3 saturated heterocycles. The lowest BCUT2D eigenvalue weighted by Gasteiger charge is -2.46. The summed E-state index contributed by atoms with van der Waals surface area (Å²) in [6, 6.07) is -1.09. The molecular weight excluding hydrogens is 672 g/mol. The van der Waals surface area contributed by atoms with Gasteiger partial charge in [0.1, 0.15) is 18.1 Å². The van der Waals surface area contributed by atoms with Crippen molar-refractivity contribution in [2.24, 2.45) is 22.9 Å². The molecule has 0 aromatic rings. The van der Waals surface area contributed by atoms with E-state index >= 15 is 0 Å². The summed E-state index contributed by atoms with van der Waals surface area (Å²) in [6.07, 6.45) is -0.550. The number of unbranched alkanes of at least 4 members (excludes halogenated alkanes) is 1. The van der Waals surface area contributed by atoms with E-state index in [0.717, 1.165) is 0 Å². The van der Waals surface area contributed by atoms with E-state index < -0.39 is 71.5 Å². The van der Waals surface area contributed by atoms with E-state index in [2.05, 4.69) is 28.8 Å². The number of nitrogens with zero attached hydrogens (tertiary/aromatic N) is 5. The minimum absolute atomic E-state index is 0.0166. The molecule has 0 aromatic heterocycles. The molecule has 0 aliphatic carbocycles. The molecule has 3 unspecified atom stereocenters. The number of esters is 1. The topological polar surface area (TPSA) is 185 Å². The van der Waals surface area contributed by atoms with Gasteiger partial charge in [-0.25, -0.2) is 4.79 Å². The molecular formula is C37H64N6O9. The third-order valence-electron chi connectivity index (χ3n) is 11.3. The number of aliphatic hydroxyl groups excluding tert-OH is 1. The first-order valence-corrected chi connectivity index (χ1v) is 18.8. The average Bonchev–Trinajstić information content (AvgIpc) is 3.36. The number of azide groups is 1. The van der Waals surface area contributed by atoms with Crippen LogP contribution in [0.2, 0.25) is 0 Å². The summed E-state index contributed by atoms with van der Waals surface area (Å²) in [5, 5.41) is 18.7. The Morgan fingerprint density at radius 1 is 1.19 bits per heavy atom. The number of likely N-dealkylation sites (N-methyl/N-ethyl adjacent to an activating group) is 1. The highest BCUT2D eigenvalue weighted by molar-refractivity contribution is 6.00. The van der Waals surface area contributed by atoms with Crippen LogP contribution in [-0.2, 0) is 33.3 Å². The van der Waals surface area contributed by atoms with Crippen LogP contribution in [0, 0.1) is 17.8 Å². The van der Waals surface area contributed by atoms with Gasteiger partial charge in [0.05, 0.1) is 23.9 Å². The van der Waals surface area contributed by atoms with Crippen molar-refractivity contribution in [2.45, 2.75) is 147 Å². The van der Waals surface area contributed by atoms with Gasteiger partial charge in [-0.3, -0.25) is 14.5 Å². The van der Waals surface area contributed by atoms with Crippen LogP contribution in [0.15, 0.2) is 17.8 Å². The number of hydrogen-bond donors (Lipinski definition) is 2. The van der Waals surface area contributed by atoms with E-state index in [9.17, 15) is 19.5 Å². The maximum atomic E-state index is 14.6. The predicted molar refractivity (Wildman–Crippen MR) is 195 cm³/mol. The molecule has 15 heteroatoms. The number of carbonyl (C=O) groups excluding carboxylic acids is 3. The molecule has 52 heavy (non-hydrogen) atoms. The van der Waals surface area contributed by atoms with Crippen molar-refractivity contribution in [1.82, 2.24) is 15.1 Å². The lowest BCUT2D eigenvalue weighted by molar-refractivity contribution is -0.295. The van der Waals surface area contributed by atoms with Crippen LogP contribution in [0.3, 0.4) is 0 Å². The number of cyclic esters (lactones) is 1. The minimum atomic E-state index is -1.25. The van der Waals surface area contributed by atoms with Gasteiger partial charge in [0.25, 0.3) is 0 Å². The number of allylic oxidation sites excluding steroid dienone is 1. The van der Waals surface area contributed by atoms with Crippen LogP contribution in [0.25, 0.3) is 10.4 Å². The first-order valence-electron chi connectivity index (χ1n) is 18.8. The van der Waals surface area contributed by atoms with Crippen LogP contribution in [0.4, 0.5) is 4.79 Å². The third-order valence-corrected chi connectivity index (χ3v) is 11.3. The average molecular weight is 737 g/mol. The zero-order valence-electron chi connectivity index (χ0n) is 32.9. The van der Waals surface area contributed by atoms with Gasteiger partial charge in [-0.05, 0) is 98.3 Å². The van der Waals surface area contributed by atoms with Gasteiger partial charge < -0.3 is 39.0 Å². The Labute approximate surface area is 309 Å². The fourth-order valence-electron chi connectivity index (χ4n) is 8.45. The number of carbonyl (C=O) groups is 3. The summed E-state index contributed by atoms with van der Waals surface area (Å²) >= 11 is 0. The first kappa shape index (κ1) is 43.6. The minimum Gasteiger partial charge on any atom is -0.457 e. The van der Waals surface area contributed by atoms with Crippen molar-refractivity contribution in [1.29, 1.82) is 0 Å². The molecule has 0 bridgehead atoms. The van der Waals surface area contributed by atoms with E-state index in [1.54, 1.807) is 25.9 Å². The molecule has 3 aliphatic heterocycles. The highest BCUT2D eigenvalue weighted by atomic mass is 16.7. The van der Waals surface area contributed by atoms with E-state index in [0.29, 0.717) is 51.7 Å². The van der Waals surface area contributed by atoms with Gasteiger partial charge in [0.15, 0.2) is 17.7 Å². The number of nitrogens with one attached hydrogen (secondary N) is 1. The number of hydrogen-bond acceptors (Lipinski definition) is 12. The molecule has 1 amide bonds. The lowest BCUT2D eigenvalue weighted by Crippen LogP contribution is -2.61. The van der Waals surface area contributed by atoms with Crippen LogP contribution in [-0.4, -0.2) is 134 Å². The normalized spacial score (nSPS) is 39.5.